The van der Waals surface area contributed by atoms with Crippen molar-refractivity contribution in [1.29, 1.82) is 0 Å². The van der Waals surface area contributed by atoms with Crippen LogP contribution in [0.3, 0.4) is 0 Å². The molecule has 32 heavy (non-hydrogen) atoms. The van der Waals surface area contributed by atoms with Gasteiger partial charge in [-0.25, -0.2) is 0 Å². The first-order valence-electron chi connectivity index (χ1n) is 10.9. The molecule has 2 amide bonds. The van der Waals surface area contributed by atoms with E-state index in [2.05, 4.69) is 5.32 Å². The first-order chi connectivity index (χ1) is 15.6. The average molecular weight is 425 g/mol. The lowest BCUT2D eigenvalue weighted by molar-refractivity contribution is -0.115. The Morgan fingerprint density at radius 1 is 0.969 bits per heavy atom. The number of fused-ring (bicyclic) bond motifs is 2. The van der Waals surface area contributed by atoms with Gasteiger partial charge in [-0.05, 0) is 41.1 Å². The molecule has 1 aromatic heterocycles. The number of benzene rings is 3. The molecular formula is C27H24N2O3. The highest BCUT2D eigenvalue weighted by atomic mass is 16.3. The van der Waals surface area contributed by atoms with Crippen LogP contribution in [-0.4, -0.2) is 23.3 Å². The molecule has 1 N–H and O–H groups in total. The third-order valence-electron chi connectivity index (χ3n) is 5.90. The minimum absolute atomic E-state index is 0.0243. The van der Waals surface area contributed by atoms with Gasteiger partial charge >= 0.3 is 0 Å². The Hall–Kier alpha value is -3.86. The number of anilines is 1. The normalized spacial score (nSPS) is 13.1. The maximum absolute atomic E-state index is 13.2. The summed E-state index contributed by atoms with van der Waals surface area (Å²) < 4.78 is 6.12. The average Bonchev–Trinajstić information content (AvgIpc) is 3.27. The summed E-state index contributed by atoms with van der Waals surface area (Å²) in [4.78, 5) is 26.7. The van der Waals surface area contributed by atoms with Crippen molar-refractivity contribution in [2.75, 3.05) is 11.9 Å². The zero-order chi connectivity index (χ0) is 22.1. The van der Waals surface area contributed by atoms with Crippen LogP contribution in [0.4, 0.5) is 5.69 Å². The van der Waals surface area contributed by atoms with E-state index in [1.165, 1.54) is 0 Å². The Morgan fingerprint density at radius 3 is 2.66 bits per heavy atom. The topological polar surface area (TPSA) is 62.6 Å². The van der Waals surface area contributed by atoms with Crippen molar-refractivity contribution in [3.63, 3.8) is 0 Å². The number of hydrogen-bond acceptors (Lipinski definition) is 3. The van der Waals surface area contributed by atoms with Crippen molar-refractivity contribution >= 4 is 28.3 Å². The summed E-state index contributed by atoms with van der Waals surface area (Å²) in [5.74, 6) is 1.69. The van der Waals surface area contributed by atoms with Crippen LogP contribution in [0.25, 0.3) is 22.1 Å². The second kappa shape index (κ2) is 8.35. The molecule has 0 bridgehead atoms. The van der Waals surface area contributed by atoms with Gasteiger partial charge in [0.25, 0.3) is 5.91 Å². The van der Waals surface area contributed by atoms with Crippen LogP contribution in [0, 0.1) is 0 Å². The number of carbonyl (C=O) groups is 2. The van der Waals surface area contributed by atoms with E-state index >= 15 is 0 Å². The molecular weight excluding hydrogens is 400 g/mol. The predicted octanol–water partition coefficient (Wildman–Crippen LogP) is 5.65. The summed E-state index contributed by atoms with van der Waals surface area (Å²) in [5.41, 5.74) is 3.39. The molecule has 1 aliphatic rings. The quantitative estimate of drug-likeness (QED) is 0.461. The maximum atomic E-state index is 13.2. The summed E-state index contributed by atoms with van der Waals surface area (Å²) in [6.07, 6.45) is 1.11. The van der Waals surface area contributed by atoms with E-state index in [4.69, 9.17) is 4.42 Å². The van der Waals surface area contributed by atoms with E-state index in [0.29, 0.717) is 31.5 Å². The molecule has 0 saturated carbocycles. The van der Waals surface area contributed by atoms with Gasteiger partial charge in [0.05, 0.1) is 0 Å². The predicted molar refractivity (Wildman–Crippen MR) is 125 cm³/mol. The fourth-order valence-electron chi connectivity index (χ4n) is 4.15. The highest BCUT2D eigenvalue weighted by Crippen LogP contribution is 2.31. The lowest BCUT2D eigenvalue weighted by Gasteiger charge is -2.26. The third-order valence-corrected chi connectivity index (χ3v) is 5.90. The molecule has 5 rings (SSSR count). The number of rotatable bonds is 4. The van der Waals surface area contributed by atoms with Crippen molar-refractivity contribution in [3.8, 4) is 11.3 Å². The zero-order valence-electron chi connectivity index (χ0n) is 17.9. The molecule has 0 saturated heterocycles. The van der Waals surface area contributed by atoms with Crippen LogP contribution >= 0.6 is 0 Å². The summed E-state index contributed by atoms with van der Waals surface area (Å²) in [5, 5.41) is 5.08. The number of nitrogens with one attached hydrogen (secondary N) is 1. The molecule has 0 unspecified atom stereocenters. The van der Waals surface area contributed by atoms with Crippen LogP contribution in [0.1, 0.15) is 35.0 Å². The molecule has 160 valence electrons. The molecule has 0 atom stereocenters. The van der Waals surface area contributed by atoms with Crippen LogP contribution < -0.4 is 5.32 Å². The fourth-order valence-corrected chi connectivity index (χ4v) is 4.15. The number of amides is 2. The molecule has 0 spiro atoms. The van der Waals surface area contributed by atoms with Crippen molar-refractivity contribution in [3.05, 3.63) is 89.7 Å². The van der Waals surface area contributed by atoms with Gasteiger partial charge in [0.1, 0.15) is 11.5 Å². The number of furan rings is 1. The van der Waals surface area contributed by atoms with Crippen molar-refractivity contribution in [1.82, 2.24) is 4.90 Å². The fraction of sp³-hybridized carbons (Fsp3) is 0.185. The Labute approximate surface area is 186 Å². The van der Waals surface area contributed by atoms with E-state index < -0.39 is 0 Å². The van der Waals surface area contributed by atoms with Gasteiger partial charge in [-0.15, -0.1) is 0 Å². The third kappa shape index (κ3) is 3.89. The Morgan fingerprint density at radius 2 is 1.81 bits per heavy atom. The lowest BCUT2D eigenvalue weighted by atomic mass is 10.0. The van der Waals surface area contributed by atoms with Crippen LogP contribution in [0.2, 0.25) is 0 Å². The largest absolute Gasteiger partial charge is 0.461 e. The van der Waals surface area contributed by atoms with Crippen LogP contribution in [0.5, 0.6) is 0 Å². The molecule has 4 aromatic rings. The van der Waals surface area contributed by atoms with Gasteiger partial charge in [-0.2, -0.15) is 0 Å². The molecule has 3 aromatic carbocycles. The van der Waals surface area contributed by atoms with Gasteiger partial charge in [0.2, 0.25) is 5.91 Å². The lowest BCUT2D eigenvalue weighted by Crippen LogP contribution is -2.35. The van der Waals surface area contributed by atoms with Crippen molar-refractivity contribution < 1.29 is 14.0 Å². The molecule has 0 fully saturated rings. The molecule has 5 heteroatoms. The van der Waals surface area contributed by atoms with E-state index in [1.807, 2.05) is 84.6 Å². The van der Waals surface area contributed by atoms with Crippen LogP contribution in [-0.2, 0) is 17.8 Å². The first-order valence-corrected chi connectivity index (χ1v) is 10.9. The number of nitrogens with zero attached hydrogens (tertiary/aromatic N) is 1. The van der Waals surface area contributed by atoms with Gasteiger partial charge in [-0.1, -0.05) is 49.4 Å². The molecule has 0 aliphatic carbocycles. The molecule has 5 nitrogen and oxygen atoms in total. The highest BCUT2D eigenvalue weighted by Gasteiger charge is 2.25. The second-order valence-electron chi connectivity index (χ2n) is 8.08. The summed E-state index contributed by atoms with van der Waals surface area (Å²) >= 11 is 0. The maximum Gasteiger partial charge on any atom is 0.254 e. The minimum atomic E-state index is -0.0243. The summed E-state index contributed by atoms with van der Waals surface area (Å²) in [6, 6.07) is 23.6. The van der Waals surface area contributed by atoms with E-state index in [1.54, 1.807) is 0 Å². The molecule has 0 radical (unpaired) electrons. The monoisotopic (exact) mass is 424 g/mol. The summed E-state index contributed by atoms with van der Waals surface area (Å²) in [6.45, 7) is 2.97. The summed E-state index contributed by atoms with van der Waals surface area (Å²) in [7, 11) is 0. The second-order valence-corrected chi connectivity index (χ2v) is 8.08. The Bertz CT molecular complexity index is 1320. The van der Waals surface area contributed by atoms with E-state index in [9.17, 15) is 9.59 Å². The zero-order valence-corrected chi connectivity index (χ0v) is 17.9. The van der Waals surface area contributed by atoms with Crippen molar-refractivity contribution in [2.24, 2.45) is 0 Å². The number of carbonyl (C=O) groups excluding carboxylic acids is 2. The van der Waals surface area contributed by atoms with E-state index in [0.717, 1.165) is 39.1 Å². The SMILES string of the molecule is CCC(=O)Nc1cccc(-c2cc3c(o2)CCN(C(=O)c2ccc4ccccc4c2)C3)c1. The Kier molecular flexibility index (Phi) is 5.23. The Balaban J connectivity index is 1.36. The van der Waals surface area contributed by atoms with Gasteiger partial charge in [0.15, 0.2) is 0 Å². The standard InChI is InChI=1S/C27H24N2O3/c1-2-26(30)28-23-9-5-8-20(15-23)25-16-22-17-29(13-12-24(22)32-25)27(31)21-11-10-18-6-3-4-7-19(18)14-21/h3-11,14-16H,2,12-13,17H2,1H3,(H,28,30). The molecule has 2 heterocycles. The van der Waals surface area contributed by atoms with Gasteiger partial charge in [0, 0.05) is 48.3 Å². The van der Waals surface area contributed by atoms with Gasteiger partial charge < -0.3 is 14.6 Å². The number of hydrogen-bond donors (Lipinski definition) is 1. The molecule has 1 aliphatic heterocycles. The van der Waals surface area contributed by atoms with E-state index in [-0.39, 0.29) is 11.8 Å². The minimum Gasteiger partial charge on any atom is -0.461 e. The van der Waals surface area contributed by atoms with Crippen molar-refractivity contribution in [2.45, 2.75) is 26.3 Å². The highest BCUT2D eigenvalue weighted by molar-refractivity contribution is 5.98. The van der Waals surface area contributed by atoms with Crippen LogP contribution in [0.15, 0.2) is 77.2 Å². The van der Waals surface area contributed by atoms with Gasteiger partial charge in [-0.3, -0.25) is 9.59 Å². The first kappa shape index (κ1) is 20.1. The smallest absolute Gasteiger partial charge is 0.254 e.